The molecule has 3 saturated heterocycles. The van der Waals surface area contributed by atoms with Gasteiger partial charge in [0.15, 0.2) is 12.1 Å². The van der Waals surface area contributed by atoms with Gasteiger partial charge in [0.1, 0.15) is 24.9 Å². The van der Waals surface area contributed by atoms with Crippen LogP contribution in [0.25, 0.3) is 11.1 Å². The summed E-state index contributed by atoms with van der Waals surface area (Å²) in [7, 11) is 0. The van der Waals surface area contributed by atoms with E-state index in [1.165, 1.54) is 43.2 Å². The lowest BCUT2D eigenvalue weighted by atomic mass is 9.97. The van der Waals surface area contributed by atoms with Crippen LogP contribution in [0.3, 0.4) is 0 Å². The fourth-order valence-electron chi connectivity index (χ4n) is 6.07. The summed E-state index contributed by atoms with van der Waals surface area (Å²) in [6.07, 6.45) is 5.24. The Bertz CT molecular complexity index is 1040. The van der Waals surface area contributed by atoms with Crippen molar-refractivity contribution in [2.24, 2.45) is 11.8 Å². The fourth-order valence-corrected chi connectivity index (χ4v) is 6.07. The Labute approximate surface area is 220 Å². The van der Waals surface area contributed by atoms with Gasteiger partial charge in [-0.2, -0.15) is 0 Å². The zero-order valence-electron chi connectivity index (χ0n) is 22.3. The third-order valence-corrected chi connectivity index (χ3v) is 8.23. The van der Waals surface area contributed by atoms with Gasteiger partial charge in [-0.25, -0.2) is 0 Å². The van der Waals surface area contributed by atoms with Crippen molar-refractivity contribution in [3.05, 3.63) is 60.2 Å². The molecule has 6 nitrogen and oxygen atoms in total. The second-order valence-corrected chi connectivity index (χ2v) is 11.5. The molecule has 3 heterocycles. The quantitative estimate of drug-likeness (QED) is 0.383. The van der Waals surface area contributed by atoms with Crippen molar-refractivity contribution >= 4 is 0 Å². The molecular formula is C31H40O6. The minimum Gasteiger partial charge on any atom is -0.365 e. The molecule has 37 heavy (non-hydrogen) atoms. The van der Waals surface area contributed by atoms with Crippen LogP contribution in [0.5, 0.6) is 0 Å². The van der Waals surface area contributed by atoms with Crippen molar-refractivity contribution in [2.45, 2.75) is 95.7 Å². The topological polar surface area (TPSA) is 55.4 Å². The molecule has 6 rings (SSSR count). The smallest absolute Gasteiger partial charge is 0.224 e. The number of rotatable bonds is 9. The summed E-state index contributed by atoms with van der Waals surface area (Å²) in [5.74, 6) is -0.566. The largest absolute Gasteiger partial charge is 0.365 e. The van der Waals surface area contributed by atoms with Crippen LogP contribution < -0.4 is 0 Å². The Balaban J connectivity index is 1.15. The number of ether oxygens (including phenoxy) is 6. The van der Waals surface area contributed by atoms with Crippen molar-refractivity contribution in [3.8, 4) is 11.1 Å². The molecule has 1 aliphatic carbocycles. The molecule has 1 spiro atoms. The van der Waals surface area contributed by atoms with E-state index in [4.69, 9.17) is 28.4 Å². The normalized spacial score (nSPS) is 36.1. The van der Waals surface area contributed by atoms with Crippen molar-refractivity contribution in [2.75, 3.05) is 13.2 Å². The number of hydrogen-bond donors (Lipinski definition) is 0. The van der Waals surface area contributed by atoms with Crippen LogP contribution in [0.4, 0.5) is 0 Å². The van der Waals surface area contributed by atoms with Crippen LogP contribution in [0.1, 0.15) is 58.4 Å². The summed E-state index contributed by atoms with van der Waals surface area (Å²) in [5, 5.41) is 0. The molecule has 1 saturated carbocycles. The zero-order valence-corrected chi connectivity index (χ0v) is 22.3. The summed E-state index contributed by atoms with van der Waals surface area (Å²) >= 11 is 0. The van der Waals surface area contributed by atoms with E-state index in [2.05, 4.69) is 55.5 Å². The van der Waals surface area contributed by atoms with E-state index in [0.29, 0.717) is 31.7 Å². The van der Waals surface area contributed by atoms with Gasteiger partial charge in [0.05, 0.1) is 13.2 Å². The maximum absolute atomic E-state index is 6.60. The van der Waals surface area contributed by atoms with Crippen LogP contribution >= 0.6 is 0 Å². The Morgan fingerprint density at radius 3 is 2.43 bits per heavy atom. The first-order valence-electron chi connectivity index (χ1n) is 14.0. The van der Waals surface area contributed by atoms with Gasteiger partial charge in [0, 0.05) is 5.92 Å². The molecule has 2 aromatic carbocycles. The molecule has 0 unspecified atom stereocenters. The third-order valence-electron chi connectivity index (χ3n) is 8.23. The van der Waals surface area contributed by atoms with E-state index < -0.39 is 17.7 Å². The van der Waals surface area contributed by atoms with Crippen molar-refractivity contribution in [1.82, 2.24) is 0 Å². The highest BCUT2D eigenvalue weighted by molar-refractivity contribution is 5.63. The minimum absolute atomic E-state index is 0.162. The summed E-state index contributed by atoms with van der Waals surface area (Å²) in [5.41, 5.74) is 3.47. The molecule has 0 amide bonds. The molecule has 3 aliphatic heterocycles. The highest BCUT2D eigenvalue weighted by Gasteiger charge is 2.63. The van der Waals surface area contributed by atoms with Crippen LogP contribution in [-0.4, -0.2) is 49.4 Å². The van der Waals surface area contributed by atoms with Gasteiger partial charge in [-0.3, -0.25) is 0 Å². The van der Waals surface area contributed by atoms with Gasteiger partial charge in [-0.1, -0.05) is 80.8 Å². The standard InChI is InChI=1S/C31H40O6/c1-4-5-7-12-24-17-25(24)29-35-26-19-33-31(20-34-30(2,3)37-31)28(27(26)36-29)32-18-21-13-15-23(16-14-21)22-10-8-6-9-11-22/h6,8-11,13-16,24-29H,4-5,7,12,17-20H2,1-3H3/t24-,25-,26-,27-,28+,29-,31+/m1/s1. The first-order chi connectivity index (χ1) is 18.0. The lowest BCUT2D eigenvalue weighted by Gasteiger charge is -2.43. The second kappa shape index (κ2) is 10.4. The first-order valence-corrected chi connectivity index (χ1v) is 14.0. The van der Waals surface area contributed by atoms with Gasteiger partial charge in [-0.05, 0) is 49.3 Å². The third kappa shape index (κ3) is 5.38. The number of benzene rings is 2. The molecule has 0 N–H and O–H groups in total. The first kappa shape index (κ1) is 25.5. The predicted molar refractivity (Wildman–Crippen MR) is 140 cm³/mol. The highest BCUT2D eigenvalue weighted by Crippen LogP contribution is 2.51. The second-order valence-electron chi connectivity index (χ2n) is 11.5. The average Bonchev–Trinajstić information content (AvgIpc) is 3.43. The van der Waals surface area contributed by atoms with Crippen molar-refractivity contribution < 1.29 is 28.4 Å². The highest BCUT2D eigenvalue weighted by atomic mass is 16.9. The molecule has 6 heteroatoms. The lowest BCUT2D eigenvalue weighted by molar-refractivity contribution is -0.336. The molecule has 0 aromatic heterocycles. The monoisotopic (exact) mass is 508 g/mol. The maximum Gasteiger partial charge on any atom is 0.224 e. The van der Waals surface area contributed by atoms with Crippen molar-refractivity contribution in [3.63, 3.8) is 0 Å². The molecule has 200 valence electrons. The minimum atomic E-state index is -1.00. The van der Waals surface area contributed by atoms with E-state index >= 15 is 0 Å². The van der Waals surface area contributed by atoms with E-state index in [0.717, 1.165) is 5.56 Å². The van der Waals surface area contributed by atoms with E-state index in [1.54, 1.807) is 0 Å². The number of hydrogen-bond acceptors (Lipinski definition) is 6. The Kier molecular flexibility index (Phi) is 7.16. The van der Waals surface area contributed by atoms with Gasteiger partial charge in [0.25, 0.3) is 0 Å². The SMILES string of the molecule is CCCCC[C@@H]1C[C@H]1[C@H]1O[C@@H]2[C@@H](CO[C@]3(COC(C)(C)O3)[C@H]2OCc2ccc(-c3ccccc3)cc2)O1. The summed E-state index contributed by atoms with van der Waals surface area (Å²) in [4.78, 5) is 0. The Morgan fingerprint density at radius 1 is 0.919 bits per heavy atom. The predicted octanol–water partition coefficient (Wildman–Crippen LogP) is 6.07. The van der Waals surface area contributed by atoms with Gasteiger partial charge in [0.2, 0.25) is 5.79 Å². The molecular weight excluding hydrogens is 468 g/mol. The summed E-state index contributed by atoms with van der Waals surface area (Å²) in [6.45, 7) is 7.22. The van der Waals surface area contributed by atoms with Gasteiger partial charge >= 0.3 is 0 Å². The van der Waals surface area contributed by atoms with E-state index in [-0.39, 0.29) is 18.5 Å². The van der Waals surface area contributed by atoms with E-state index in [9.17, 15) is 0 Å². The molecule has 0 bridgehead atoms. The van der Waals surface area contributed by atoms with E-state index in [1.807, 2.05) is 19.9 Å². The summed E-state index contributed by atoms with van der Waals surface area (Å²) in [6, 6.07) is 18.9. The van der Waals surface area contributed by atoms with Crippen molar-refractivity contribution in [1.29, 1.82) is 0 Å². The fraction of sp³-hybridized carbons (Fsp3) is 0.613. The Hall–Kier alpha value is -1.80. The zero-order chi connectivity index (χ0) is 25.5. The summed E-state index contributed by atoms with van der Waals surface area (Å²) < 4.78 is 38.2. The van der Waals surface area contributed by atoms with Crippen LogP contribution in [0.2, 0.25) is 0 Å². The van der Waals surface area contributed by atoms with Gasteiger partial charge < -0.3 is 28.4 Å². The van der Waals surface area contributed by atoms with Crippen LogP contribution in [0, 0.1) is 11.8 Å². The van der Waals surface area contributed by atoms with Crippen LogP contribution in [0.15, 0.2) is 54.6 Å². The maximum atomic E-state index is 6.60. The van der Waals surface area contributed by atoms with Gasteiger partial charge in [-0.15, -0.1) is 0 Å². The molecule has 4 fully saturated rings. The Morgan fingerprint density at radius 2 is 1.70 bits per heavy atom. The number of fused-ring (bicyclic) bond motifs is 1. The number of unbranched alkanes of at least 4 members (excludes halogenated alkanes) is 2. The van der Waals surface area contributed by atoms with Crippen LogP contribution in [-0.2, 0) is 35.0 Å². The molecule has 2 aromatic rings. The molecule has 7 atom stereocenters. The lowest BCUT2D eigenvalue weighted by Crippen LogP contribution is -2.62. The molecule has 0 radical (unpaired) electrons. The molecule has 4 aliphatic rings. The average molecular weight is 509 g/mol.